The molecular formula is C29H28N2O6S. The molecular weight excluding hydrogens is 504 g/mol. The molecule has 38 heavy (non-hydrogen) atoms. The van der Waals surface area contributed by atoms with Gasteiger partial charge in [-0.15, -0.1) is 0 Å². The van der Waals surface area contributed by atoms with Crippen LogP contribution in [0.15, 0.2) is 88.3 Å². The fourth-order valence-electron chi connectivity index (χ4n) is 4.31. The van der Waals surface area contributed by atoms with E-state index in [0.29, 0.717) is 35.4 Å². The second-order valence-corrected chi connectivity index (χ2v) is 11.2. The third-order valence-corrected chi connectivity index (χ3v) is 7.89. The Bertz CT molecular complexity index is 1680. The molecule has 0 fully saturated rings. The van der Waals surface area contributed by atoms with Gasteiger partial charge in [-0.3, -0.25) is 4.72 Å². The number of aryl methyl sites for hydroxylation is 1. The summed E-state index contributed by atoms with van der Waals surface area (Å²) in [7, 11) is -0.735. The van der Waals surface area contributed by atoms with Crippen molar-refractivity contribution in [3.05, 3.63) is 117 Å². The lowest BCUT2D eigenvalue weighted by atomic mass is 9.98. The first kappa shape index (κ1) is 25.6. The molecule has 0 bridgehead atoms. The van der Waals surface area contributed by atoms with Crippen LogP contribution in [0.3, 0.4) is 0 Å². The van der Waals surface area contributed by atoms with Gasteiger partial charge in [0.15, 0.2) is 5.76 Å². The normalized spacial score (nSPS) is 15.3. The summed E-state index contributed by atoms with van der Waals surface area (Å²) >= 11 is 0. The molecule has 196 valence electrons. The fourth-order valence-corrected chi connectivity index (χ4v) is 4.92. The Hall–Kier alpha value is -4.08. The van der Waals surface area contributed by atoms with Gasteiger partial charge >= 0.3 is 15.8 Å². The van der Waals surface area contributed by atoms with Gasteiger partial charge in [0.2, 0.25) is 6.29 Å². The Morgan fingerprint density at radius 1 is 0.947 bits per heavy atom. The minimum atomic E-state index is -3.64. The van der Waals surface area contributed by atoms with E-state index >= 15 is 0 Å². The molecule has 0 amide bonds. The van der Waals surface area contributed by atoms with E-state index in [1.165, 1.54) is 14.1 Å². The van der Waals surface area contributed by atoms with Crippen LogP contribution in [0, 0.1) is 6.92 Å². The molecule has 0 radical (unpaired) electrons. The number of anilines is 1. The highest BCUT2D eigenvalue weighted by Gasteiger charge is 2.22. The zero-order chi connectivity index (χ0) is 26.9. The van der Waals surface area contributed by atoms with Crippen molar-refractivity contribution < 1.29 is 22.3 Å². The molecule has 1 aromatic heterocycles. The molecule has 1 unspecified atom stereocenters. The van der Waals surface area contributed by atoms with Crippen LogP contribution in [0.25, 0.3) is 16.7 Å². The van der Waals surface area contributed by atoms with Gasteiger partial charge in [-0.25, -0.2) is 4.79 Å². The maximum absolute atomic E-state index is 13.0. The minimum absolute atomic E-state index is 0.298. The molecule has 0 saturated heterocycles. The molecule has 3 aromatic carbocycles. The zero-order valence-electron chi connectivity index (χ0n) is 21.3. The van der Waals surface area contributed by atoms with Crippen LogP contribution < -0.4 is 10.3 Å². The van der Waals surface area contributed by atoms with Crippen molar-refractivity contribution in [3.8, 4) is 0 Å². The average Bonchev–Trinajstić information content (AvgIpc) is 3.35. The van der Waals surface area contributed by atoms with Gasteiger partial charge in [-0.2, -0.15) is 12.7 Å². The minimum Gasteiger partial charge on any atom is -0.458 e. The van der Waals surface area contributed by atoms with Crippen molar-refractivity contribution in [1.29, 1.82) is 0 Å². The molecule has 2 heterocycles. The smallest absolute Gasteiger partial charge is 0.340 e. The van der Waals surface area contributed by atoms with E-state index in [0.717, 1.165) is 31.9 Å². The number of rotatable bonds is 8. The summed E-state index contributed by atoms with van der Waals surface area (Å²) in [6.07, 6.45) is 2.08. The van der Waals surface area contributed by atoms with Gasteiger partial charge < -0.3 is 13.9 Å². The van der Waals surface area contributed by atoms with Crippen LogP contribution in [0.5, 0.6) is 0 Å². The van der Waals surface area contributed by atoms with E-state index < -0.39 is 22.1 Å². The quantitative estimate of drug-likeness (QED) is 0.327. The van der Waals surface area contributed by atoms with E-state index in [-0.39, 0.29) is 0 Å². The Balaban J connectivity index is 1.36. The lowest BCUT2D eigenvalue weighted by molar-refractivity contribution is -0.0136. The molecule has 1 aliphatic heterocycles. The Morgan fingerprint density at radius 3 is 2.47 bits per heavy atom. The highest BCUT2D eigenvalue weighted by Crippen LogP contribution is 2.30. The predicted molar refractivity (Wildman–Crippen MR) is 147 cm³/mol. The highest BCUT2D eigenvalue weighted by molar-refractivity contribution is 7.90. The molecule has 1 aliphatic rings. The lowest BCUT2D eigenvalue weighted by Gasteiger charge is -2.14. The first-order valence-electron chi connectivity index (χ1n) is 12.1. The largest absolute Gasteiger partial charge is 0.458 e. The number of ether oxygens (including phenoxy) is 2. The molecule has 5 rings (SSSR count). The van der Waals surface area contributed by atoms with E-state index in [4.69, 9.17) is 13.9 Å². The third-order valence-electron chi connectivity index (χ3n) is 6.44. The molecule has 0 saturated carbocycles. The second kappa shape index (κ2) is 10.4. The van der Waals surface area contributed by atoms with Crippen LogP contribution >= 0.6 is 0 Å². The molecule has 8 nitrogen and oxygen atoms in total. The van der Waals surface area contributed by atoms with Gasteiger partial charge in [0.25, 0.3) is 0 Å². The van der Waals surface area contributed by atoms with Crippen molar-refractivity contribution in [1.82, 2.24) is 4.31 Å². The van der Waals surface area contributed by atoms with E-state index in [1.807, 2.05) is 55.5 Å². The summed E-state index contributed by atoms with van der Waals surface area (Å²) in [6, 6.07) is 22.5. The summed E-state index contributed by atoms with van der Waals surface area (Å²) in [5, 5.41) is 0.813. The summed E-state index contributed by atoms with van der Waals surface area (Å²) in [4.78, 5) is 13.0. The SMILES string of the molecule is Cc1c(Cc2cccc(NS(=O)(=O)N(C)C)c2)c(=O)oc2cc(C3=COC(Cc4ccccc4)O3)ccc12. The van der Waals surface area contributed by atoms with Crippen LogP contribution in [0.2, 0.25) is 0 Å². The number of nitrogens with one attached hydrogen (secondary N) is 1. The standard InChI is InChI=1S/C29H28N2O6S/c1-19-24-13-12-22(27-18-35-28(36-27)16-20-8-5-4-6-9-20)17-26(24)37-29(32)25(19)15-21-10-7-11-23(14-21)30-38(33,34)31(2)3/h4-14,17-18,28,30H,15-16H2,1-3H3. The maximum Gasteiger partial charge on any atom is 0.340 e. The molecule has 0 aliphatic carbocycles. The van der Waals surface area contributed by atoms with Crippen molar-refractivity contribution >= 4 is 32.6 Å². The maximum atomic E-state index is 13.0. The Kier molecular flexibility index (Phi) is 6.96. The van der Waals surface area contributed by atoms with Crippen molar-refractivity contribution in [2.45, 2.75) is 26.1 Å². The van der Waals surface area contributed by atoms with E-state index in [1.54, 1.807) is 30.5 Å². The topological polar surface area (TPSA) is 98.1 Å². The average molecular weight is 533 g/mol. The first-order valence-corrected chi connectivity index (χ1v) is 13.6. The summed E-state index contributed by atoms with van der Waals surface area (Å²) < 4.78 is 45.4. The first-order chi connectivity index (χ1) is 18.2. The number of hydrogen-bond donors (Lipinski definition) is 1. The Morgan fingerprint density at radius 2 is 1.71 bits per heavy atom. The monoisotopic (exact) mass is 532 g/mol. The van der Waals surface area contributed by atoms with E-state index in [9.17, 15) is 13.2 Å². The van der Waals surface area contributed by atoms with Crippen molar-refractivity contribution in [2.75, 3.05) is 18.8 Å². The zero-order valence-corrected chi connectivity index (χ0v) is 22.1. The van der Waals surface area contributed by atoms with Crippen LogP contribution in [0.1, 0.15) is 27.8 Å². The van der Waals surface area contributed by atoms with Gasteiger partial charge in [0.1, 0.15) is 11.8 Å². The van der Waals surface area contributed by atoms with Gasteiger partial charge in [0.05, 0.1) is 5.69 Å². The molecule has 0 spiro atoms. The molecule has 9 heteroatoms. The molecule has 1 N–H and O–H groups in total. The lowest BCUT2D eigenvalue weighted by Crippen LogP contribution is -2.28. The fraction of sp³-hybridized carbons (Fsp3) is 0.207. The predicted octanol–water partition coefficient (Wildman–Crippen LogP) is 4.82. The van der Waals surface area contributed by atoms with Crippen LogP contribution in [-0.4, -0.2) is 33.1 Å². The van der Waals surface area contributed by atoms with Crippen molar-refractivity contribution in [2.24, 2.45) is 0 Å². The van der Waals surface area contributed by atoms with E-state index in [2.05, 4.69) is 4.72 Å². The van der Waals surface area contributed by atoms with Crippen LogP contribution in [0.4, 0.5) is 5.69 Å². The number of hydrogen-bond acceptors (Lipinski definition) is 6. The summed E-state index contributed by atoms with van der Waals surface area (Å²) in [6.45, 7) is 1.89. The third kappa shape index (κ3) is 5.44. The number of fused-ring (bicyclic) bond motifs is 1. The molecule has 4 aromatic rings. The Labute approximate surface area is 221 Å². The summed E-state index contributed by atoms with van der Waals surface area (Å²) in [5.41, 5.74) is 4.40. The summed E-state index contributed by atoms with van der Waals surface area (Å²) in [5.74, 6) is 0.578. The van der Waals surface area contributed by atoms with Gasteiger partial charge in [-0.1, -0.05) is 54.6 Å². The van der Waals surface area contributed by atoms with Crippen molar-refractivity contribution in [3.63, 3.8) is 0 Å². The number of benzene rings is 3. The van der Waals surface area contributed by atoms with Gasteiger partial charge in [-0.05, 0) is 41.8 Å². The highest BCUT2D eigenvalue weighted by atomic mass is 32.2. The van der Waals surface area contributed by atoms with Gasteiger partial charge in [0, 0.05) is 43.5 Å². The number of nitrogens with zero attached hydrogens (tertiary/aromatic N) is 1. The second-order valence-electron chi connectivity index (χ2n) is 9.33. The molecule has 1 atom stereocenters. The van der Waals surface area contributed by atoms with Crippen LogP contribution in [-0.2, 0) is 32.5 Å².